The van der Waals surface area contributed by atoms with Gasteiger partial charge in [0.2, 0.25) is 15.9 Å². The Hall–Kier alpha value is -2.04. The van der Waals surface area contributed by atoms with Gasteiger partial charge in [-0.25, -0.2) is 13.1 Å². The van der Waals surface area contributed by atoms with Crippen LogP contribution >= 0.6 is 0 Å². The van der Waals surface area contributed by atoms with Crippen molar-refractivity contribution in [2.24, 2.45) is 11.8 Å². The molecule has 2 rings (SSSR count). The average Bonchev–Trinajstić information content (AvgIpc) is 2.49. The van der Waals surface area contributed by atoms with E-state index in [9.17, 15) is 23.3 Å². The van der Waals surface area contributed by atoms with E-state index in [1.807, 2.05) is 6.92 Å². The van der Waals surface area contributed by atoms with E-state index in [1.54, 1.807) is 0 Å². The molecule has 24 heavy (non-hydrogen) atoms. The van der Waals surface area contributed by atoms with Crippen LogP contribution in [0.4, 0.5) is 5.69 Å². The predicted molar refractivity (Wildman–Crippen MR) is 86.8 cm³/mol. The maximum atomic E-state index is 12.1. The third-order valence-corrected chi connectivity index (χ3v) is 5.48. The summed E-state index contributed by atoms with van der Waals surface area (Å²) in [5, 5.41) is 16.4. The van der Waals surface area contributed by atoms with Crippen molar-refractivity contribution in [1.29, 1.82) is 0 Å². The second-order valence-electron chi connectivity index (χ2n) is 5.65. The van der Waals surface area contributed by atoms with E-state index in [1.165, 1.54) is 12.1 Å². The molecule has 10 heteroatoms. The van der Waals surface area contributed by atoms with Gasteiger partial charge in [0.25, 0.3) is 5.69 Å². The van der Waals surface area contributed by atoms with E-state index in [0.29, 0.717) is 5.92 Å². The molecule has 0 radical (unpaired) electrons. The fraction of sp³-hybridized carbons (Fsp3) is 0.500. The normalized spacial score (nSPS) is 16.2. The lowest BCUT2D eigenvalue weighted by atomic mass is 9.88. The number of benzene rings is 1. The van der Waals surface area contributed by atoms with Crippen LogP contribution in [0, 0.1) is 22.0 Å². The van der Waals surface area contributed by atoms with Gasteiger partial charge in [-0.1, -0.05) is 6.92 Å². The van der Waals surface area contributed by atoms with Gasteiger partial charge in [0.1, 0.15) is 0 Å². The minimum Gasteiger partial charge on any atom is -0.355 e. The van der Waals surface area contributed by atoms with E-state index in [4.69, 9.17) is 0 Å². The van der Waals surface area contributed by atoms with Gasteiger partial charge in [0.05, 0.1) is 9.82 Å². The Labute approximate surface area is 140 Å². The Kier molecular flexibility index (Phi) is 5.86. The van der Waals surface area contributed by atoms with Crippen molar-refractivity contribution in [2.45, 2.75) is 11.8 Å². The van der Waals surface area contributed by atoms with E-state index in [0.717, 1.165) is 25.2 Å². The zero-order valence-corrected chi connectivity index (χ0v) is 14.0. The predicted octanol–water partition coefficient (Wildman–Crippen LogP) is -0.155. The quantitative estimate of drug-likeness (QED) is 0.337. The summed E-state index contributed by atoms with van der Waals surface area (Å²) in [7, 11) is -3.76. The van der Waals surface area contributed by atoms with Gasteiger partial charge in [-0.2, -0.15) is 0 Å². The van der Waals surface area contributed by atoms with Crippen LogP contribution in [0.25, 0.3) is 0 Å². The first-order valence-electron chi connectivity index (χ1n) is 7.54. The lowest BCUT2D eigenvalue weighted by Gasteiger charge is -2.31. The third kappa shape index (κ3) is 4.49. The highest BCUT2D eigenvalue weighted by Gasteiger charge is 2.28. The number of hydrogen-bond donors (Lipinski definition) is 3. The van der Waals surface area contributed by atoms with Gasteiger partial charge in [-0.15, -0.1) is 0 Å². The molecule has 0 bridgehead atoms. The molecule has 1 heterocycles. The van der Waals surface area contributed by atoms with E-state index >= 15 is 0 Å². The fourth-order valence-corrected chi connectivity index (χ4v) is 3.27. The molecule has 1 saturated heterocycles. The van der Waals surface area contributed by atoms with Gasteiger partial charge in [-0.3, -0.25) is 14.9 Å². The average molecular weight is 356 g/mol. The number of nitrogens with zero attached hydrogens (tertiary/aromatic N) is 1. The molecule has 9 nitrogen and oxygen atoms in total. The molecular weight excluding hydrogens is 336 g/mol. The van der Waals surface area contributed by atoms with Gasteiger partial charge in [0.15, 0.2) is 0 Å². The summed E-state index contributed by atoms with van der Waals surface area (Å²) in [5.41, 5.74) is -0.180. The molecule has 0 spiro atoms. The topological polar surface area (TPSA) is 130 Å². The molecule has 3 N–H and O–H groups in total. The first-order valence-corrected chi connectivity index (χ1v) is 9.02. The zero-order valence-electron chi connectivity index (χ0n) is 13.2. The number of nitro groups is 1. The molecule has 1 unspecified atom stereocenters. The number of rotatable bonds is 8. The van der Waals surface area contributed by atoms with Crippen LogP contribution in [-0.2, 0) is 14.8 Å². The molecule has 1 aromatic rings. The molecular formula is C14H20N4O5S. The van der Waals surface area contributed by atoms with Crippen LogP contribution in [0.15, 0.2) is 29.2 Å². The Balaban J connectivity index is 1.80. The van der Waals surface area contributed by atoms with Crippen molar-refractivity contribution < 1.29 is 18.1 Å². The van der Waals surface area contributed by atoms with E-state index in [-0.39, 0.29) is 35.5 Å². The SMILES string of the molecule is CC(C(=O)NCCNS(=O)(=O)c1ccc([N+](=O)[O-])cc1)C1CNC1. The highest BCUT2D eigenvalue weighted by Crippen LogP contribution is 2.16. The Bertz CT molecular complexity index is 700. The summed E-state index contributed by atoms with van der Waals surface area (Å²) >= 11 is 0. The van der Waals surface area contributed by atoms with Crippen molar-refractivity contribution in [3.8, 4) is 0 Å². The highest BCUT2D eigenvalue weighted by molar-refractivity contribution is 7.89. The molecule has 0 saturated carbocycles. The molecule has 132 valence electrons. The van der Waals surface area contributed by atoms with Crippen molar-refractivity contribution >= 4 is 21.6 Å². The number of nitrogens with one attached hydrogen (secondary N) is 3. The number of carbonyl (C=O) groups is 1. The largest absolute Gasteiger partial charge is 0.355 e. The van der Waals surface area contributed by atoms with Crippen LogP contribution in [0.1, 0.15) is 6.92 Å². The molecule has 1 aliphatic rings. The van der Waals surface area contributed by atoms with E-state index < -0.39 is 14.9 Å². The van der Waals surface area contributed by atoms with Gasteiger partial charge in [0, 0.05) is 31.1 Å². The van der Waals surface area contributed by atoms with Crippen LogP contribution in [0.5, 0.6) is 0 Å². The number of carbonyl (C=O) groups excluding carboxylic acids is 1. The number of hydrogen-bond acceptors (Lipinski definition) is 6. The second kappa shape index (κ2) is 7.69. The third-order valence-electron chi connectivity index (χ3n) is 4.01. The molecule has 1 aliphatic heterocycles. The Morgan fingerprint density at radius 1 is 1.33 bits per heavy atom. The molecule has 1 atom stereocenters. The lowest BCUT2D eigenvalue weighted by Crippen LogP contribution is -2.50. The van der Waals surface area contributed by atoms with Crippen LogP contribution in [0.2, 0.25) is 0 Å². The summed E-state index contributed by atoms with van der Waals surface area (Å²) < 4.78 is 26.5. The number of amides is 1. The molecule has 0 aromatic heterocycles. The molecule has 1 amide bonds. The molecule has 1 fully saturated rings. The first-order chi connectivity index (χ1) is 11.3. The first kappa shape index (κ1) is 18.3. The van der Waals surface area contributed by atoms with Crippen molar-refractivity contribution in [1.82, 2.24) is 15.4 Å². The fourth-order valence-electron chi connectivity index (χ4n) is 2.24. The summed E-state index contributed by atoms with van der Waals surface area (Å²) in [4.78, 5) is 21.8. The highest BCUT2D eigenvalue weighted by atomic mass is 32.2. The number of non-ortho nitro benzene ring substituents is 1. The Morgan fingerprint density at radius 3 is 2.46 bits per heavy atom. The van der Waals surface area contributed by atoms with Crippen molar-refractivity contribution in [3.05, 3.63) is 34.4 Å². The minimum absolute atomic E-state index is 0.0424. The maximum absolute atomic E-state index is 12.1. The van der Waals surface area contributed by atoms with Gasteiger partial charge < -0.3 is 10.6 Å². The smallest absolute Gasteiger partial charge is 0.269 e. The number of nitro benzene ring substituents is 1. The van der Waals surface area contributed by atoms with Crippen molar-refractivity contribution in [2.75, 3.05) is 26.2 Å². The summed E-state index contributed by atoms with van der Waals surface area (Å²) in [5.74, 6) is 0.107. The minimum atomic E-state index is -3.76. The maximum Gasteiger partial charge on any atom is 0.269 e. The zero-order chi connectivity index (χ0) is 17.7. The lowest BCUT2D eigenvalue weighted by molar-refractivity contribution is -0.384. The van der Waals surface area contributed by atoms with Gasteiger partial charge in [-0.05, 0) is 31.1 Å². The monoisotopic (exact) mass is 356 g/mol. The Morgan fingerprint density at radius 2 is 1.96 bits per heavy atom. The summed E-state index contributed by atoms with van der Waals surface area (Å²) in [6.45, 7) is 3.71. The number of sulfonamides is 1. The van der Waals surface area contributed by atoms with Gasteiger partial charge >= 0.3 is 0 Å². The van der Waals surface area contributed by atoms with Crippen LogP contribution in [-0.4, -0.2) is 45.4 Å². The van der Waals surface area contributed by atoms with Crippen LogP contribution in [0.3, 0.4) is 0 Å². The molecule has 1 aromatic carbocycles. The van der Waals surface area contributed by atoms with E-state index in [2.05, 4.69) is 15.4 Å². The molecule has 0 aliphatic carbocycles. The summed E-state index contributed by atoms with van der Waals surface area (Å²) in [6, 6.07) is 4.60. The van der Waals surface area contributed by atoms with Crippen molar-refractivity contribution in [3.63, 3.8) is 0 Å². The second-order valence-corrected chi connectivity index (χ2v) is 7.41. The standard InChI is InChI=1S/C14H20N4O5S/c1-10(11-8-15-9-11)14(19)16-6-7-17-24(22,23)13-4-2-12(3-5-13)18(20)21/h2-5,10-11,15,17H,6-9H2,1H3,(H,16,19). The van der Waals surface area contributed by atoms with Crippen LogP contribution < -0.4 is 15.4 Å². The summed E-state index contributed by atoms with van der Waals surface area (Å²) in [6.07, 6.45) is 0.